The van der Waals surface area contributed by atoms with Gasteiger partial charge in [0, 0.05) is 29.7 Å². The van der Waals surface area contributed by atoms with Crippen LogP contribution in [0.3, 0.4) is 0 Å². The van der Waals surface area contributed by atoms with Gasteiger partial charge in [-0.2, -0.15) is 0 Å². The lowest BCUT2D eigenvalue weighted by atomic mass is 9.98. The van der Waals surface area contributed by atoms with Gasteiger partial charge < -0.3 is 10.7 Å². The minimum absolute atomic E-state index is 0.344. The number of nitrogens with zero attached hydrogens (tertiary/aromatic N) is 1. The van der Waals surface area contributed by atoms with Crippen molar-refractivity contribution < 1.29 is 0 Å². The fraction of sp³-hybridized carbons (Fsp3) is 0.385. The molecule has 1 aromatic heterocycles. The number of hydrogen-bond acceptors (Lipinski definition) is 2. The third-order valence-electron chi connectivity index (χ3n) is 3.65. The predicted molar refractivity (Wildman–Crippen MR) is 66.4 cm³/mol. The molecule has 0 saturated heterocycles. The summed E-state index contributed by atoms with van der Waals surface area (Å²) in [6, 6.07) is 8.86. The summed E-state index contributed by atoms with van der Waals surface area (Å²) in [5, 5.41) is 1.36. The molecule has 1 unspecified atom stereocenters. The highest BCUT2D eigenvalue weighted by atomic mass is 15.2. The average Bonchev–Trinajstić information content (AvgIpc) is 2.67. The SMILES string of the molecule is CN1CCc2c([nH]c3ccccc23)C1CN. The Morgan fingerprint density at radius 1 is 1.44 bits per heavy atom. The van der Waals surface area contributed by atoms with Crippen molar-refractivity contribution in [3.8, 4) is 0 Å². The second-order valence-electron chi connectivity index (χ2n) is 4.54. The minimum atomic E-state index is 0.344. The van der Waals surface area contributed by atoms with E-state index in [0.717, 1.165) is 13.0 Å². The predicted octanol–water partition coefficient (Wildman–Crippen LogP) is 1.66. The van der Waals surface area contributed by atoms with Crippen molar-refractivity contribution in [1.82, 2.24) is 9.88 Å². The van der Waals surface area contributed by atoms with Crippen molar-refractivity contribution in [1.29, 1.82) is 0 Å². The van der Waals surface area contributed by atoms with Crippen LogP contribution < -0.4 is 5.73 Å². The molecule has 0 amide bonds. The van der Waals surface area contributed by atoms with Crippen LogP contribution >= 0.6 is 0 Å². The highest BCUT2D eigenvalue weighted by Crippen LogP contribution is 2.32. The first kappa shape index (κ1) is 9.87. The van der Waals surface area contributed by atoms with Crippen molar-refractivity contribution in [2.45, 2.75) is 12.5 Å². The fourth-order valence-electron chi connectivity index (χ4n) is 2.74. The van der Waals surface area contributed by atoms with Crippen LogP contribution in [0.1, 0.15) is 17.3 Å². The summed E-state index contributed by atoms with van der Waals surface area (Å²) in [6.45, 7) is 1.77. The molecule has 2 heterocycles. The van der Waals surface area contributed by atoms with Crippen LogP contribution in [0.15, 0.2) is 24.3 Å². The maximum absolute atomic E-state index is 5.87. The van der Waals surface area contributed by atoms with Gasteiger partial charge in [-0.1, -0.05) is 18.2 Å². The van der Waals surface area contributed by atoms with E-state index in [0.29, 0.717) is 12.6 Å². The highest BCUT2D eigenvalue weighted by Gasteiger charge is 2.26. The lowest BCUT2D eigenvalue weighted by Crippen LogP contribution is -2.36. The van der Waals surface area contributed by atoms with E-state index < -0.39 is 0 Å². The number of fused-ring (bicyclic) bond motifs is 3. The van der Waals surface area contributed by atoms with Gasteiger partial charge >= 0.3 is 0 Å². The third kappa shape index (κ3) is 1.29. The van der Waals surface area contributed by atoms with Gasteiger partial charge in [-0.3, -0.25) is 4.90 Å². The van der Waals surface area contributed by atoms with E-state index in [9.17, 15) is 0 Å². The topological polar surface area (TPSA) is 45.0 Å². The maximum Gasteiger partial charge on any atom is 0.0623 e. The lowest BCUT2D eigenvalue weighted by molar-refractivity contribution is 0.233. The number of nitrogens with two attached hydrogens (primary N) is 1. The molecule has 0 radical (unpaired) electrons. The Balaban J connectivity index is 2.22. The van der Waals surface area contributed by atoms with Crippen LogP contribution in [0.25, 0.3) is 10.9 Å². The van der Waals surface area contributed by atoms with Gasteiger partial charge in [-0.25, -0.2) is 0 Å². The van der Waals surface area contributed by atoms with E-state index in [4.69, 9.17) is 5.73 Å². The van der Waals surface area contributed by atoms with Gasteiger partial charge in [-0.15, -0.1) is 0 Å². The summed E-state index contributed by atoms with van der Waals surface area (Å²) in [4.78, 5) is 5.86. The van der Waals surface area contributed by atoms with Crippen LogP contribution in [0.2, 0.25) is 0 Å². The van der Waals surface area contributed by atoms with Crippen LogP contribution in [0.4, 0.5) is 0 Å². The van der Waals surface area contributed by atoms with Crippen molar-refractivity contribution in [3.63, 3.8) is 0 Å². The molecular formula is C13H17N3. The Labute approximate surface area is 95.2 Å². The summed E-state index contributed by atoms with van der Waals surface area (Å²) in [7, 11) is 2.14. The first-order chi connectivity index (χ1) is 7.81. The fourth-order valence-corrected chi connectivity index (χ4v) is 2.74. The molecule has 3 heteroatoms. The molecule has 0 bridgehead atoms. The van der Waals surface area contributed by atoms with Gasteiger partial charge in [0.15, 0.2) is 0 Å². The Morgan fingerprint density at radius 3 is 3.06 bits per heavy atom. The summed E-state index contributed by atoms with van der Waals surface area (Å²) in [6.07, 6.45) is 1.12. The smallest absolute Gasteiger partial charge is 0.0623 e. The zero-order valence-electron chi connectivity index (χ0n) is 9.53. The number of hydrogen-bond donors (Lipinski definition) is 2. The van der Waals surface area contributed by atoms with Crippen molar-refractivity contribution in [3.05, 3.63) is 35.5 Å². The number of aromatic amines is 1. The van der Waals surface area contributed by atoms with Crippen LogP contribution in [-0.4, -0.2) is 30.0 Å². The third-order valence-corrected chi connectivity index (χ3v) is 3.65. The Bertz CT molecular complexity index is 515. The number of para-hydroxylation sites is 1. The molecule has 1 aliphatic rings. The molecule has 0 spiro atoms. The summed E-state index contributed by atoms with van der Waals surface area (Å²) in [5.41, 5.74) is 9.89. The van der Waals surface area contributed by atoms with Crippen LogP contribution in [-0.2, 0) is 6.42 Å². The molecule has 1 aliphatic heterocycles. The monoisotopic (exact) mass is 215 g/mol. The van der Waals surface area contributed by atoms with Crippen LogP contribution in [0.5, 0.6) is 0 Å². The van der Waals surface area contributed by atoms with Gasteiger partial charge in [0.05, 0.1) is 6.04 Å². The second-order valence-corrected chi connectivity index (χ2v) is 4.54. The van der Waals surface area contributed by atoms with Gasteiger partial charge in [0.25, 0.3) is 0 Å². The Kier molecular flexibility index (Phi) is 2.23. The number of likely N-dealkylation sites (N-methyl/N-ethyl adjacent to an activating group) is 1. The van der Waals surface area contributed by atoms with Crippen molar-refractivity contribution >= 4 is 10.9 Å². The number of aromatic nitrogens is 1. The Hall–Kier alpha value is -1.32. The number of rotatable bonds is 1. The molecule has 2 aromatic rings. The summed E-state index contributed by atoms with van der Waals surface area (Å²) >= 11 is 0. The zero-order chi connectivity index (χ0) is 11.1. The van der Waals surface area contributed by atoms with Gasteiger partial charge in [0.2, 0.25) is 0 Å². The van der Waals surface area contributed by atoms with Crippen molar-refractivity contribution in [2.24, 2.45) is 5.73 Å². The molecule has 1 aromatic carbocycles. The van der Waals surface area contributed by atoms with Gasteiger partial charge in [0.1, 0.15) is 0 Å². The standard InChI is InChI=1S/C13H17N3/c1-16-7-6-10-9-4-2-3-5-11(9)15-13(10)12(16)8-14/h2-5,12,15H,6-8,14H2,1H3. The van der Waals surface area contributed by atoms with E-state index in [1.807, 2.05) is 0 Å². The maximum atomic E-state index is 5.87. The number of nitrogens with one attached hydrogen (secondary N) is 1. The van der Waals surface area contributed by atoms with Crippen LogP contribution in [0, 0.1) is 0 Å². The quantitative estimate of drug-likeness (QED) is 0.760. The second kappa shape index (κ2) is 3.61. The first-order valence-electron chi connectivity index (χ1n) is 5.81. The summed E-state index contributed by atoms with van der Waals surface area (Å²) < 4.78 is 0. The molecule has 3 nitrogen and oxygen atoms in total. The lowest BCUT2D eigenvalue weighted by Gasteiger charge is -2.31. The molecule has 0 saturated carbocycles. The molecule has 1 atom stereocenters. The van der Waals surface area contributed by atoms with E-state index in [2.05, 4.69) is 41.2 Å². The largest absolute Gasteiger partial charge is 0.357 e. The van der Waals surface area contributed by atoms with E-state index in [1.54, 1.807) is 0 Å². The zero-order valence-corrected chi connectivity index (χ0v) is 9.53. The van der Waals surface area contributed by atoms with E-state index >= 15 is 0 Å². The highest BCUT2D eigenvalue weighted by molar-refractivity contribution is 5.85. The molecular weight excluding hydrogens is 198 g/mol. The van der Waals surface area contributed by atoms with E-state index in [1.165, 1.54) is 22.2 Å². The molecule has 3 rings (SSSR count). The number of H-pyrrole nitrogens is 1. The summed E-state index contributed by atoms with van der Waals surface area (Å²) in [5.74, 6) is 0. The molecule has 3 N–H and O–H groups in total. The molecule has 0 fully saturated rings. The van der Waals surface area contributed by atoms with Gasteiger partial charge in [-0.05, 0) is 25.1 Å². The molecule has 84 valence electrons. The molecule has 16 heavy (non-hydrogen) atoms. The Morgan fingerprint density at radius 2 is 2.25 bits per heavy atom. The first-order valence-corrected chi connectivity index (χ1v) is 5.81. The normalized spacial score (nSPS) is 21.2. The minimum Gasteiger partial charge on any atom is -0.357 e. The van der Waals surface area contributed by atoms with Crippen molar-refractivity contribution in [2.75, 3.05) is 20.1 Å². The van der Waals surface area contributed by atoms with E-state index in [-0.39, 0.29) is 0 Å². The number of benzene rings is 1. The molecule has 0 aliphatic carbocycles. The average molecular weight is 215 g/mol.